The lowest BCUT2D eigenvalue weighted by Crippen LogP contribution is -2.45. The van der Waals surface area contributed by atoms with Crippen molar-refractivity contribution >= 4 is 40.5 Å². The molecule has 0 saturated heterocycles. The molecule has 4 aromatic rings. The van der Waals surface area contributed by atoms with Gasteiger partial charge in [0.25, 0.3) is 11.8 Å². The van der Waals surface area contributed by atoms with Gasteiger partial charge < -0.3 is 19.3 Å². The second-order valence-electron chi connectivity index (χ2n) is 9.30. The van der Waals surface area contributed by atoms with Crippen LogP contribution in [0.1, 0.15) is 28.9 Å². The Bertz CT molecular complexity index is 1490. The van der Waals surface area contributed by atoms with Gasteiger partial charge in [0.05, 0.1) is 30.1 Å². The molecule has 1 saturated carbocycles. The zero-order valence-electron chi connectivity index (χ0n) is 20.7. The van der Waals surface area contributed by atoms with Gasteiger partial charge in [0.1, 0.15) is 11.5 Å². The molecule has 1 amide bonds. The summed E-state index contributed by atoms with van der Waals surface area (Å²) >= 11 is 12.6. The van der Waals surface area contributed by atoms with Gasteiger partial charge in [0.15, 0.2) is 0 Å². The van der Waals surface area contributed by atoms with Gasteiger partial charge in [-0.3, -0.25) is 4.79 Å². The summed E-state index contributed by atoms with van der Waals surface area (Å²) in [5, 5.41) is 9.41. The third-order valence-corrected chi connectivity index (χ3v) is 7.31. The first-order chi connectivity index (χ1) is 18.5. The fourth-order valence-corrected chi connectivity index (χ4v) is 5.01. The number of methoxy groups -OCH3 is 1. The van der Waals surface area contributed by atoms with Crippen LogP contribution in [-0.4, -0.2) is 47.1 Å². The van der Waals surface area contributed by atoms with Crippen molar-refractivity contribution in [3.8, 4) is 17.4 Å². The van der Waals surface area contributed by atoms with Crippen LogP contribution in [0.5, 0.6) is 17.4 Å². The van der Waals surface area contributed by atoms with Gasteiger partial charge in [-0.05, 0) is 54.8 Å². The summed E-state index contributed by atoms with van der Waals surface area (Å²) in [7, 11) is 1.62. The quantitative estimate of drug-likeness (QED) is 0.279. The summed E-state index contributed by atoms with van der Waals surface area (Å²) in [4.78, 5) is 18.1. The molecule has 0 N–H and O–H groups in total. The van der Waals surface area contributed by atoms with Crippen LogP contribution >= 0.6 is 23.2 Å². The van der Waals surface area contributed by atoms with Gasteiger partial charge in [0, 0.05) is 30.2 Å². The normalized spacial score (nSPS) is 14.8. The zero-order chi connectivity index (χ0) is 26.2. The molecule has 194 valence electrons. The number of rotatable bonds is 7. The summed E-state index contributed by atoms with van der Waals surface area (Å²) in [6.07, 6.45) is 2.36. The number of carbonyl (C=O) groups is 1. The first-order valence-corrected chi connectivity index (χ1v) is 13.1. The van der Waals surface area contributed by atoms with Crippen molar-refractivity contribution in [2.75, 3.05) is 30.0 Å². The highest BCUT2D eigenvalue weighted by atomic mass is 35.5. The fourth-order valence-electron chi connectivity index (χ4n) is 4.69. The van der Waals surface area contributed by atoms with Crippen LogP contribution in [0.2, 0.25) is 10.0 Å². The number of fused-ring (bicyclic) bond motifs is 1. The Morgan fingerprint density at radius 3 is 2.50 bits per heavy atom. The highest BCUT2D eigenvalue weighted by Gasteiger charge is 2.37. The van der Waals surface area contributed by atoms with Crippen LogP contribution in [-0.2, 0) is 6.54 Å². The van der Waals surface area contributed by atoms with E-state index in [1.165, 1.54) is 12.8 Å². The number of anilines is 2. The molecule has 1 aromatic heterocycles. The molecule has 38 heavy (non-hydrogen) atoms. The Hall–Kier alpha value is -3.75. The Morgan fingerprint density at radius 1 is 1.00 bits per heavy atom. The van der Waals surface area contributed by atoms with E-state index in [4.69, 9.17) is 32.7 Å². The molecular formula is C28H25Cl2N5O3. The smallest absolute Gasteiger partial charge is 0.284 e. The molecule has 1 aliphatic carbocycles. The molecule has 10 heteroatoms. The number of halogens is 2. The van der Waals surface area contributed by atoms with Gasteiger partial charge in [-0.15, -0.1) is 5.10 Å². The summed E-state index contributed by atoms with van der Waals surface area (Å²) in [5.41, 5.74) is 2.94. The Morgan fingerprint density at radius 2 is 1.76 bits per heavy atom. The fraction of sp³-hybridized carbons (Fsp3) is 0.250. The molecule has 1 fully saturated rings. The molecule has 2 aliphatic rings. The molecule has 8 nitrogen and oxygen atoms in total. The van der Waals surface area contributed by atoms with Gasteiger partial charge >= 0.3 is 0 Å². The standard InChI is InChI=1S/C28H25Cl2N5O3/c1-37-21-11-6-18(7-12-21)17-35-28(38-25-16-19(29)8-13-22(25)30)26(31-32-35)27(36)34-15-14-33(20-9-10-20)23-4-2-3-5-24(23)34/h2-8,11-13,16,20H,9-10,14-15,17H2,1H3. The lowest BCUT2D eigenvalue weighted by molar-refractivity contribution is 0.0979. The number of para-hydroxylation sites is 2. The minimum atomic E-state index is -0.290. The van der Waals surface area contributed by atoms with E-state index in [-0.39, 0.29) is 17.5 Å². The number of hydrogen-bond donors (Lipinski definition) is 0. The minimum Gasteiger partial charge on any atom is -0.497 e. The molecule has 2 heterocycles. The van der Waals surface area contributed by atoms with Gasteiger partial charge in [-0.25, -0.2) is 4.68 Å². The molecule has 0 unspecified atom stereocenters. The van der Waals surface area contributed by atoms with E-state index >= 15 is 0 Å². The van der Waals surface area contributed by atoms with Crippen LogP contribution in [0, 0.1) is 0 Å². The maximum atomic E-state index is 14.0. The Labute approximate surface area is 230 Å². The summed E-state index contributed by atoms with van der Waals surface area (Å²) in [6.45, 7) is 1.61. The zero-order valence-corrected chi connectivity index (χ0v) is 22.2. The average molecular weight is 550 g/mol. The van der Waals surface area contributed by atoms with Crippen molar-refractivity contribution in [3.05, 3.63) is 88.0 Å². The van der Waals surface area contributed by atoms with E-state index in [0.717, 1.165) is 29.2 Å². The van der Waals surface area contributed by atoms with E-state index < -0.39 is 0 Å². The van der Waals surface area contributed by atoms with E-state index in [1.54, 1.807) is 34.9 Å². The first kappa shape index (κ1) is 24.6. The van der Waals surface area contributed by atoms with Crippen molar-refractivity contribution in [1.82, 2.24) is 15.0 Å². The number of hydrogen-bond acceptors (Lipinski definition) is 6. The molecule has 6 rings (SSSR count). The molecule has 0 radical (unpaired) electrons. The lowest BCUT2D eigenvalue weighted by Gasteiger charge is -2.37. The maximum absolute atomic E-state index is 14.0. The van der Waals surface area contributed by atoms with Crippen molar-refractivity contribution in [3.63, 3.8) is 0 Å². The van der Waals surface area contributed by atoms with E-state index in [2.05, 4.69) is 21.3 Å². The number of amides is 1. The largest absolute Gasteiger partial charge is 0.497 e. The summed E-state index contributed by atoms with van der Waals surface area (Å²) < 4.78 is 13.0. The first-order valence-electron chi connectivity index (χ1n) is 12.4. The predicted octanol–water partition coefficient (Wildman–Crippen LogP) is 6.06. The van der Waals surface area contributed by atoms with Crippen molar-refractivity contribution in [2.24, 2.45) is 0 Å². The maximum Gasteiger partial charge on any atom is 0.284 e. The monoisotopic (exact) mass is 549 g/mol. The van der Waals surface area contributed by atoms with Crippen LogP contribution < -0.4 is 19.3 Å². The Balaban J connectivity index is 1.37. The SMILES string of the molecule is COc1ccc(Cn2nnc(C(=O)N3CCN(C4CC4)c4ccccc43)c2Oc2cc(Cl)ccc2Cl)cc1. The molecule has 0 bridgehead atoms. The molecular weight excluding hydrogens is 525 g/mol. The second-order valence-corrected chi connectivity index (χ2v) is 10.1. The van der Waals surface area contributed by atoms with Crippen molar-refractivity contribution in [2.45, 2.75) is 25.4 Å². The predicted molar refractivity (Wildman–Crippen MR) is 147 cm³/mol. The molecule has 0 spiro atoms. The van der Waals surface area contributed by atoms with E-state index in [1.807, 2.05) is 42.5 Å². The molecule has 3 aromatic carbocycles. The third kappa shape index (κ3) is 4.77. The molecule has 1 aliphatic heterocycles. The number of carbonyl (C=O) groups excluding carboxylic acids is 1. The molecule has 0 atom stereocenters. The highest BCUT2D eigenvalue weighted by molar-refractivity contribution is 6.34. The second kappa shape index (κ2) is 10.2. The van der Waals surface area contributed by atoms with Crippen LogP contribution in [0.3, 0.4) is 0 Å². The number of aromatic nitrogens is 3. The summed E-state index contributed by atoms with van der Waals surface area (Å²) in [5.74, 6) is 0.957. The van der Waals surface area contributed by atoms with Gasteiger partial charge in [0.2, 0.25) is 5.69 Å². The van der Waals surface area contributed by atoms with Gasteiger partial charge in [-0.1, -0.05) is 52.7 Å². The Kier molecular flexibility index (Phi) is 6.59. The minimum absolute atomic E-state index is 0.101. The van der Waals surface area contributed by atoms with E-state index in [9.17, 15) is 4.79 Å². The topological polar surface area (TPSA) is 72.7 Å². The van der Waals surface area contributed by atoms with Crippen LogP contribution in [0.25, 0.3) is 0 Å². The van der Waals surface area contributed by atoms with Crippen molar-refractivity contribution in [1.29, 1.82) is 0 Å². The highest BCUT2D eigenvalue weighted by Crippen LogP contribution is 2.41. The van der Waals surface area contributed by atoms with Crippen LogP contribution in [0.15, 0.2) is 66.7 Å². The summed E-state index contributed by atoms with van der Waals surface area (Å²) in [6, 6.07) is 21.0. The number of nitrogens with zero attached hydrogens (tertiary/aromatic N) is 5. The van der Waals surface area contributed by atoms with Crippen molar-refractivity contribution < 1.29 is 14.3 Å². The van der Waals surface area contributed by atoms with Gasteiger partial charge in [-0.2, -0.15) is 0 Å². The van der Waals surface area contributed by atoms with Crippen LogP contribution in [0.4, 0.5) is 11.4 Å². The van der Waals surface area contributed by atoms with E-state index in [0.29, 0.717) is 34.9 Å². The number of ether oxygens (including phenoxy) is 2. The number of benzene rings is 3. The average Bonchev–Trinajstić information content (AvgIpc) is 3.72. The third-order valence-electron chi connectivity index (χ3n) is 6.76. The lowest BCUT2D eigenvalue weighted by atomic mass is 10.1.